The lowest BCUT2D eigenvalue weighted by Gasteiger charge is -2.27. The summed E-state index contributed by atoms with van der Waals surface area (Å²) in [6.07, 6.45) is 3.27. The molecule has 0 aliphatic rings. The highest BCUT2D eigenvalue weighted by Crippen LogP contribution is 2.27. The van der Waals surface area contributed by atoms with Crippen molar-refractivity contribution in [2.24, 2.45) is 0 Å². The van der Waals surface area contributed by atoms with Gasteiger partial charge in [-0.25, -0.2) is 9.78 Å². The first kappa shape index (κ1) is 17.7. The molecule has 23 heavy (non-hydrogen) atoms. The molecule has 2 heterocycles. The van der Waals surface area contributed by atoms with E-state index in [0.29, 0.717) is 24.5 Å². The molecular formula is C16H22BrN3O3. The molecule has 2 aromatic heterocycles. The number of nitrogens with zero attached hydrogens (tertiary/aromatic N) is 3. The number of imidazole rings is 1. The van der Waals surface area contributed by atoms with Crippen molar-refractivity contribution in [2.75, 3.05) is 25.2 Å². The predicted octanol–water partition coefficient (Wildman–Crippen LogP) is 3.79. The van der Waals surface area contributed by atoms with Crippen molar-refractivity contribution in [1.29, 1.82) is 0 Å². The zero-order valence-electron chi connectivity index (χ0n) is 14.1. The normalized spacial score (nSPS) is 11.7. The number of carbonyl (C=O) groups excluding carboxylic acids is 1. The van der Waals surface area contributed by atoms with Crippen LogP contribution in [0.25, 0.3) is 5.65 Å². The van der Waals surface area contributed by atoms with Crippen molar-refractivity contribution in [2.45, 2.75) is 33.3 Å². The van der Waals surface area contributed by atoms with Gasteiger partial charge in [0.05, 0.1) is 18.8 Å². The fourth-order valence-electron chi connectivity index (χ4n) is 2.16. The van der Waals surface area contributed by atoms with Gasteiger partial charge in [0.2, 0.25) is 0 Å². The smallest absolute Gasteiger partial charge is 0.415 e. The van der Waals surface area contributed by atoms with Crippen LogP contribution in [-0.2, 0) is 9.47 Å². The van der Waals surface area contributed by atoms with Crippen LogP contribution in [-0.4, -0.2) is 41.3 Å². The average Bonchev–Trinajstić information content (AvgIpc) is 2.79. The van der Waals surface area contributed by atoms with Crippen LogP contribution in [0.3, 0.4) is 0 Å². The van der Waals surface area contributed by atoms with Gasteiger partial charge in [0.25, 0.3) is 0 Å². The van der Waals surface area contributed by atoms with Gasteiger partial charge in [-0.3, -0.25) is 4.90 Å². The van der Waals surface area contributed by atoms with Crippen LogP contribution in [0.5, 0.6) is 0 Å². The Hall–Kier alpha value is -1.60. The lowest BCUT2D eigenvalue weighted by Crippen LogP contribution is -2.39. The summed E-state index contributed by atoms with van der Waals surface area (Å²) >= 11 is 3.49. The van der Waals surface area contributed by atoms with Crippen LogP contribution in [0.15, 0.2) is 22.9 Å². The zero-order valence-corrected chi connectivity index (χ0v) is 15.7. The minimum absolute atomic E-state index is 0.378. The first-order chi connectivity index (χ1) is 10.7. The molecule has 0 spiro atoms. The van der Waals surface area contributed by atoms with Gasteiger partial charge in [-0.2, -0.15) is 0 Å². The summed E-state index contributed by atoms with van der Waals surface area (Å²) in [5.41, 5.74) is 1.79. The van der Waals surface area contributed by atoms with E-state index in [4.69, 9.17) is 9.47 Å². The van der Waals surface area contributed by atoms with Gasteiger partial charge in [-0.15, -0.1) is 0 Å². The summed E-state index contributed by atoms with van der Waals surface area (Å²) in [4.78, 5) is 18.6. The predicted molar refractivity (Wildman–Crippen MR) is 93.1 cm³/mol. The number of pyridine rings is 1. The van der Waals surface area contributed by atoms with Crippen molar-refractivity contribution >= 4 is 33.4 Å². The van der Waals surface area contributed by atoms with Gasteiger partial charge in [-0.1, -0.05) is 0 Å². The maximum Gasteiger partial charge on any atom is 0.415 e. The van der Waals surface area contributed by atoms with Gasteiger partial charge in [-0.05, 0) is 49.7 Å². The molecule has 2 rings (SSSR count). The highest BCUT2D eigenvalue weighted by atomic mass is 79.9. The largest absolute Gasteiger partial charge is 0.443 e. The van der Waals surface area contributed by atoms with Gasteiger partial charge in [0, 0.05) is 29.7 Å². The number of hydrogen-bond acceptors (Lipinski definition) is 4. The molecule has 2 aromatic rings. The molecule has 0 aliphatic carbocycles. The molecule has 0 fully saturated rings. The van der Waals surface area contributed by atoms with Crippen molar-refractivity contribution in [3.05, 3.63) is 28.6 Å². The number of fused-ring (bicyclic) bond motifs is 1. The Bertz CT molecular complexity index is 706. The van der Waals surface area contributed by atoms with Crippen LogP contribution < -0.4 is 4.90 Å². The van der Waals surface area contributed by atoms with Crippen LogP contribution in [0.2, 0.25) is 0 Å². The number of halogens is 1. The Balaban J connectivity index is 2.48. The quantitative estimate of drug-likeness (QED) is 0.805. The average molecular weight is 384 g/mol. The highest BCUT2D eigenvalue weighted by molar-refractivity contribution is 9.10. The minimum atomic E-state index is -0.573. The third-order valence-electron chi connectivity index (χ3n) is 3.16. The van der Waals surface area contributed by atoms with Gasteiger partial charge in [0.15, 0.2) is 5.65 Å². The summed E-state index contributed by atoms with van der Waals surface area (Å²) in [6.45, 7) is 8.27. The third kappa shape index (κ3) is 4.23. The molecule has 0 bridgehead atoms. The molecule has 6 nitrogen and oxygen atoms in total. The Morgan fingerprint density at radius 1 is 1.43 bits per heavy atom. The summed E-state index contributed by atoms with van der Waals surface area (Å²) in [5.74, 6) is 0. The maximum atomic E-state index is 12.6. The number of amides is 1. The molecule has 7 heteroatoms. The van der Waals surface area contributed by atoms with Gasteiger partial charge < -0.3 is 13.9 Å². The fraction of sp³-hybridized carbons (Fsp3) is 0.500. The number of methoxy groups -OCH3 is 1. The highest BCUT2D eigenvalue weighted by Gasteiger charge is 2.25. The minimum Gasteiger partial charge on any atom is -0.443 e. The molecule has 0 aliphatic heterocycles. The Labute approximate surface area is 144 Å². The Kier molecular flexibility index (Phi) is 5.31. The van der Waals surface area contributed by atoms with Crippen LogP contribution in [0, 0.1) is 6.92 Å². The van der Waals surface area contributed by atoms with Crippen molar-refractivity contribution in [1.82, 2.24) is 9.38 Å². The second kappa shape index (κ2) is 6.88. The van der Waals surface area contributed by atoms with Gasteiger partial charge in [0.1, 0.15) is 5.60 Å². The fourth-order valence-corrected chi connectivity index (χ4v) is 2.58. The lowest BCUT2D eigenvalue weighted by atomic mass is 10.2. The monoisotopic (exact) mass is 383 g/mol. The SMILES string of the molecule is COCCN(C(=O)OC(C)(C)C)c1cc(Br)cn2c(C)cnc12. The first-order valence-electron chi connectivity index (χ1n) is 7.35. The Morgan fingerprint density at radius 2 is 2.13 bits per heavy atom. The second-order valence-electron chi connectivity index (χ2n) is 6.26. The number of ether oxygens (including phenoxy) is 2. The molecule has 0 unspecified atom stereocenters. The summed E-state index contributed by atoms with van der Waals surface area (Å²) in [7, 11) is 1.60. The Morgan fingerprint density at radius 3 is 2.74 bits per heavy atom. The molecule has 0 atom stereocenters. The van der Waals surface area contributed by atoms with E-state index in [0.717, 1.165) is 10.2 Å². The number of aromatic nitrogens is 2. The lowest BCUT2D eigenvalue weighted by molar-refractivity contribution is 0.0569. The van der Waals surface area contributed by atoms with Crippen LogP contribution >= 0.6 is 15.9 Å². The van der Waals surface area contributed by atoms with E-state index in [9.17, 15) is 4.79 Å². The standard InChI is InChI=1S/C16H22BrN3O3/c1-11-9-18-14-13(8-12(17)10-20(11)14)19(6-7-22-5)15(21)23-16(2,3)4/h8-10H,6-7H2,1-5H3. The first-order valence-corrected chi connectivity index (χ1v) is 8.15. The number of aryl methyl sites for hydroxylation is 1. The molecule has 0 saturated heterocycles. The topological polar surface area (TPSA) is 56.1 Å². The number of hydrogen-bond donors (Lipinski definition) is 0. The summed E-state index contributed by atoms with van der Waals surface area (Å²) < 4.78 is 13.4. The van der Waals surface area contributed by atoms with Crippen LogP contribution in [0.1, 0.15) is 26.5 Å². The molecule has 0 radical (unpaired) electrons. The number of carbonyl (C=O) groups is 1. The maximum absolute atomic E-state index is 12.6. The van der Waals surface area contributed by atoms with E-state index in [1.54, 1.807) is 18.2 Å². The van der Waals surface area contributed by atoms with Crippen molar-refractivity contribution in [3.63, 3.8) is 0 Å². The van der Waals surface area contributed by atoms with Gasteiger partial charge >= 0.3 is 6.09 Å². The number of rotatable bonds is 4. The molecular weight excluding hydrogens is 362 g/mol. The van der Waals surface area contributed by atoms with Crippen molar-refractivity contribution < 1.29 is 14.3 Å². The van der Waals surface area contributed by atoms with Crippen LogP contribution in [0.4, 0.5) is 10.5 Å². The molecule has 126 valence electrons. The molecule has 1 amide bonds. The molecule has 0 aromatic carbocycles. The third-order valence-corrected chi connectivity index (χ3v) is 3.60. The van der Waals surface area contributed by atoms with E-state index < -0.39 is 11.7 Å². The molecule has 0 saturated carbocycles. The number of anilines is 1. The summed E-state index contributed by atoms with van der Waals surface area (Å²) in [5, 5.41) is 0. The zero-order chi connectivity index (χ0) is 17.2. The van der Waals surface area contributed by atoms with E-state index >= 15 is 0 Å². The van der Waals surface area contributed by atoms with E-state index in [1.807, 2.05) is 44.4 Å². The second-order valence-corrected chi connectivity index (χ2v) is 7.18. The summed E-state index contributed by atoms with van der Waals surface area (Å²) in [6, 6.07) is 1.86. The van der Waals surface area contributed by atoms with Crippen molar-refractivity contribution in [3.8, 4) is 0 Å². The van der Waals surface area contributed by atoms with E-state index in [-0.39, 0.29) is 0 Å². The van der Waals surface area contributed by atoms with E-state index in [1.165, 1.54) is 0 Å². The molecule has 0 N–H and O–H groups in total. The van der Waals surface area contributed by atoms with E-state index in [2.05, 4.69) is 20.9 Å².